The first-order valence-corrected chi connectivity index (χ1v) is 10.0. The van der Waals surface area contributed by atoms with E-state index in [0.29, 0.717) is 22.2 Å². The van der Waals surface area contributed by atoms with Crippen LogP contribution in [0.2, 0.25) is 0 Å². The fraction of sp³-hybridized carbons (Fsp3) is 0.227. The molecule has 1 aliphatic rings. The van der Waals surface area contributed by atoms with Crippen molar-refractivity contribution in [1.29, 1.82) is 0 Å². The zero-order valence-corrected chi connectivity index (χ0v) is 17.2. The van der Waals surface area contributed by atoms with Gasteiger partial charge in [0.25, 0.3) is 5.91 Å². The summed E-state index contributed by atoms with van der Waals surface area (Å²) in [7, 11) is 0. The van der Waals surface area contributed by atoms with E-state index in [1.165, 1.54) is 11.8 Å². The first-order valence-electron chi connectivity index (χ1n) is 9.22. The molecule has 0 aliphatic carbocycles. The Bertz CT molecular complexity index is 996. The van der Waals surface area contributed by atoms with Gasteiger partial charge in [-0.3, -0.25) is 4.79 Å². The summed E-state index contributed by atoms with van der Waals surface area (Å²) in [5.74, 6) is -0.716. The zero-order valence-electron chi connectivity index (χ0n) is 16.4. The Balaban J connectivity index is 1.74. The Hall–Kier alpha value is -3.06. The van der Waals surface area contributed by atoms with E-state index in [1.54, 1.807) is 37.3 Å². The van der Waals surface area contributed by atoms with E-state index in [1.807, 2.05) is 32.0 Å². The molecule has 2 aromatic rings. The molecule has 1 fully saturated rings. The number of aryl methyl sites for hydroxylation is 2. The molecular weight excluding hydrogens is 388 g/mol. The molecule has 1 atom stereocenters. The van der Waals surface area contributed by atoms with Gasteiger partial charge in [-0.1, -0.05) is 31.2 Å². The number of carboxylic acids is 1. The molecule has 1 amide bonds. The maximum absolute atomic E-state index is 12.3. The predicted molar refractivity (Wildman–Crippen MR) is 116 cm³/mol. The molecule has 6 nitrogen and oxygen atoms in total. The molecule has 29 heavy (non-hydrogen) atoms. The molecule has 1 saturated heterocycles. The minimum atomic E-state index is -0.992. The lowest BCUT2D eigenvalue weighted by atomic mass is 10.1. The van der Waals surface area contributed by atoms with Gasteiger partial charge in [-0.05, 0) is 73.0 Å². The van der Waals surface area contributed by atoms with E-state index < -0.39 is 12.1 Å². The zero-order chi connectivity index (χ0) is 21.0. The van der Waals surface area contributed by atoms with Crippen LogP contribution >= 0.6 is 11.8 Å². The lowest BCUT2D eigenvalue weighted by Gasteiger charge is -2.13. The number of nitrogens with zero attached hydrogens (tertiary/aromatic N) is 1. The number of amidine groups is 1. The molecule has 2 N–H and O–H groups in total. The highest BCUT2D eigenvalue weighted by Gasteiger charge is 2.24. The molecule has 0 radical (unpaired) electrons. The highest BCUT2D eigenvalue weighted by molar-refractivity contribution is 8.18. The Kier molecular flexibility index (Phi) is 6.39. The van der Waals surface area contributed by atoms with Crippen molar-refractivity contribution >= 4 is 40.6 Å². The molecule has 0 saturated carbocycles. The Morgan fingerprint density at radius 3 is 2.62 bits per heavy atom. The average molecular weight is 410 g/mol. The number of carbonyl (C=O) groups is 2. The van der Waals surface area contributed by atoms with Gasteiger partial charge in [0.05, 0.1) is 10.6 Å². The van der Waals surface area contributed by atoms with Gasteiger partial charge in [-0.2, -0.15) is 0 Å². The van der Waals surface area contributed by atoms with Crippen molar-refractivity contribution in [3.05, 3.63) is 64.1 Å². The van der Waals surface area contributed by atoms with E-state index in [0.717, 1.165) is 22.4 Å². The van der Waals surface area contributed by atoms with E-state index in [2.05, 4.69) is 10.3 Å². The van der Waals surface area contributed by atoms with Crippen LogP contribution in [0.1, 0.15) is 30.0 Å². The van der Waals surface area contributed by atoms with Crippen molar-refractivity contribution in [3.63, 3.8) is 0 Å². The maximum atomic E-state index is 12.3. The Morgan fingerprint density at radius 2 is 1.97 bits per heavy atom. The second-order valence-electron chi connectivity index (χ2n) is 6.69. The van der Waals surface area contributed by atoms with Crippen molar-refractivity contribution < 1.29 is 19.4 Å². The van der Waals surface area contributed by atoms with Crippen molar-refractivity contribution in [3.8, 4) is 5.75 Å². The number of carbonyl (C=O) groups excluding carboxylic acids is 1. The number of rotatable bonds is 6. The van der Waals surface area contributed by atoms with Crippen molar-refractivity contribution in [2.45, 2.75) is 33.3 Å². The Labute approximate surface area is 173 Å². The fourth-order valence-corrected chi connectivity index (χ4v) is 3.53. The standard InChI is InChI=1S/C22H22N2O4S/c1-4-18(21(26)27)28-16-9-7-15(8-10-16)12-19-20(25)24-22(29-19)23-17-11-13(2)5-6-14(17)3/h5-12,18H,4H2,1-3H3,(H,26,27)(H,23,24,25)/b19-12+. The van der Waals surface area contributed by atoms with Crippen LogP contribution in [0.25, 0.3) is 6.08 Å². The quantitative estimate of drug-likeness (QED) is 0.688. The first kappa shape index (κ1) is 20.7. The van der Waals surface area contributed by atoms with Gasteiger partial charge in [-0.25, -0.2) is 9.79 Å². The second kappa shape index (κ2) is 8.96. The number of benzene rings is 2. The third-order valence-electron chi connectivity index (χ3n) is 4.34. The molecular formula is C22H22N2O4S. The van der Waals surface area contributed by atoms with Crippen molar-refractivity contribution in [2.24, 2.45) is 4.99 Å². The number of ether oxygens (including phenoxy) is 1. The summed E-state index contributed by atoms with van der Waals surface area (Å²) < 4.78 is 5.45. The molecule has 0 bridgehead atoms. The molecule has 1 aliphatic heterocycles. The van der Waals surface area contributed by atoms with E-state index in [-0.39, 0.29) is 5.91 Å². The summed E-state index contributed by atoms with van der Waals surface area (Å²) in [4.78, 5) is 28.5. The van der Waals surface area contributed by atoms with Crippen molar-refractivity contribution in [2.75, 3.05) is 0 Å². The number of aliphatic imine (C=N–C) groups is 1. The minimum absolute atomic E-state index is 0.198. The third kappa shape index (κ3) is 5.26. The maximum Gasteiger partial charge on any atom is 0.344 e. The van der Waals surface area contributed by atoms with Crippen LogP contribution in [0.3, 0.4) is 0 Å². The van der Waals surface area contributed by atoms with Crippen LogP contribution in [0.4, 0.5) is 5.69 Å². The lowest BCUT2D eigenvalue weighted by Crippen LogP contribution is -2.25. The number of hydrogen-bond donors (Lipinski definition) is 2. The van der Waals surface area contributed by atoms with Gasteiger partial charge in [0.15, 0.2) is 11.3 Å². The van der Waals surface area contributed by atoms with E-state index in [9.17, 15) is 9.59 Å². The normalized spacial score (nSPS) is 17.4. The van der Waals surface area contributed by atoms with Crippen LogP contribution in [-0.4, -0.2) is 28.3 Å². The molecule has 1 heterocycles. The number of nitrogens with one attached hydrogen (secondary N) is 1. The minimum Gasteiger partial charge on any atom is -0.479 e. The molecule has 7 heteroatoms. The second-order valence-corrected chi connectivity index (χ2v) is 7.72. The van der Waals surface area contributed by atoms with Crippen LogP contribution in [0, 0.1) is 13.8 Å². The fourth-order valence-electron chi connectivity index (χ4n) is 2.70. The summed E-state index contributed by atoms with van der Waals surface area (Å²) >= 11 is 1.29. The molecule has 1 unspecified atom stereocenters. The van der Waals surface area contributed by atoms with Crippen LogP contribution in [0.5, 0.6) is 5.75 Å². The van der Waals surface area contributed by atoms with Crippen LogP contribution in [-0.2, 0) is 9.59 Å². The van der Waals surface area contributed by atoms with Crippen molar-refractivity contribution in [1.82, 2.24) is 5.32 Å². The highest BCUT2D eigenvalue weighted by atomic mass is 32.2. The van der Waals surface area contributed by atoms with Gasteiger partial charge in [-0.15, -0.1) is 0 Å². The monoisotopic (exact) mass is 410 g/mol. The number of carboxylic acid groups (broad SMARTS) is 1. The molecule has 0 aromatic heterocycles. The topological polar surface area (TPSA) is 88.0 Å². The molecule has 150 valence electrons. The van der Waals surface area contributed by atoms with Crippen LogP contribution < -0.4 is 10.1 Å². The predicted octanol–water partition coefficient (Wildman–Crippen LogP) is 4.44. The number of thioether (sulfide) groups is 1. The van der Waals surface area contributed by atoms with E-state index in [4.69, 9.17) is 9.84 Å². The SMILES string of the molecule is CCC(Oc1ccc(/C=C2/SC(=Nc3cc(C)ccc3C)NC2=O)cc1)C(=O)O. The van der Waals surface area contributed by atoms with E-state index >= 15 is 0 Å². The molecule has 3 rings (SSSR count). The summed E-state index contributed by atoms with van der Waals surface area (Å²) in [6.07, 6.45) is 1.27. The van der Waals surface area contributed by atoms with Gasteiger partial charge >= 0.3 is 5.97 Å². The van der Waals surface area contributed by atoms with Gasteiger partial charge in [0.1, 0.15) is 5.75 Å². The molecule has 0 spiro atoms. The summed E-state index contributed by atoms with van der Waals surface area (Å²) in [6.45, 7) is 5.74. The number of hydrogen-bond acceptors (Lipinski definition) is 5. The number of amides is 1. The average Bonchev–Trinajstić information content (AvgIpc) is 3.02. The number of aliphatic carboxylic acids is 1. The smallest absolute Gasteiger partial charge is 0.344 e. The van der Waals surface area contributed by atoms with Gasteiger partial charge in [0.2, 0.25) is 0 Å². The third-order valence-corrected chi connectivity index (χ3v) is 5.25. The van der Waals surface area contributed by atoms with Crippen LogP contribution in [0.15, 0.2) is 52.4 Å². The summed E-state index contributed by atoms with van der Waals surface area (Å²) in [5.41, 5.74) is 3.79. The largest absolute Gasteiger partial charge is 0.479 e. The Morgan fingerprint density at radius 1 is 1.24 bits per heavy atom. The lowest BCUT2D eigenvalue weighted by molar-refractivity contribution is -0.145. The summed E-state index contributed by atoms with van der Waals surface area (Å²) in [6, 6.07) is 13.0. The first-order chi connectivity index (χ1) is 13.9. The highest BCUT2D eigenvalue weighted by Crippen LogP contribution is 2.30. The molecule has 2 aromatic carbocycles. The van der Waals surface area contributed by atoms with Gasteiger partial charge in [0, 0.05) is 0 Å². The van der Waals surface area contributed by atoms with Gasteiger partial charge < -0.3 is 15.2 Å². The summed E-state index contributed by atoms with van der Waals surface area (Å²) in [5, 5.41) is 12.4.